The van der Waals surface area contributed by atoms with Crippen LogP contribution in [0.3, 0.4) is 0 Å². The maximum Gasteiger partial charge on any atom is 0.133 e. The van der Waals surface area contributed by atoms with Crippen molar-refractivity contribution < 1.29 is 13.5 Å². The van der Waals surface area contributed by atoms with Crippen molar-refractivity contribution in [3.8, 4) is 16.9 Å². The zero-order chi connectivity index (χ0) is 18.4. The highest BCUT2D eigenvalue weighted by atomic mass is 19.1. The third-order valence-corrected chi connectivity index (χ3v) is 5.31. The highest BCUT2D eigenvalue weighted by Crippen LogP contribution is 2.32. The molecule has 26 heavy (non-hydrogen) atoms. The van der Waals surface area contributed by atoms with Gasteiger partial charge in [0.25, 0.3) is 0 Å². The fourth-order valence-corrected chi connectivity index (χ4v) is 3.73. The van der Waals surface area contributed by atoms with Gasteiger partial charge in [0.1, 0.15) is 17.4 Å². The van der Waals surface area contributed by atoms with Crippen molar-refractivity contribution in [2.24, 2.45) is 11.8 Å². The molecule has 1 saturated carbocycles. The Morgan fingerprint density at radius 3 is 2.50 bits per heavy atom. The minimum Gasteiger partial charge on any atom is -0.493 e. The molecule has 2 aromatic rings. The molecule has 1 aliphatic rings. The molecule has 0 N–H and O–H groups in total. The predicted octanol–water partition coefficient (Wildman–Crippen LogP) is 6.78. The maximum atomic E-state index is 14.0. The lowest BCUT2D eigenvalue weighted by molar-refractivity contribution is 0.179. The number of hydrogen-bond donors (Lipinski definition) is 0. The molecular formula is C23H26F2O. The number of allylic oxidation sites excluding steroid dienone is 1. The van der Waals surface area contributed by atoms with E-state index in [-0.39, 0.29) is 0 Å². The van der Waals surface area contributed by atoms with Gasteiger partial charge in [-0.2, -0.15) is 0 Å². The van der Waals surface area contributed by atoms with Crippen LogP contribution in [0, 0.1) is 23.5 Å². The molecule has 3 rings (SSSR count). The highest BCUT2D eigenvalue weighted by molar-refractivity contribution is 5.65. The second-order valence-corrected chi connectivity index (χ2v) is 7.22. The van der Waals surface area contributed by atoms with E-state index in [1.807, 2.05) is 30.3 Å². The van der Waals surface area contributed by atoms with E-state index in [2.05, 4.69) is 6.58 Å². The van der Waals surface area contributed by atoms with E-state index in [9.17, 15) is 8.78 Å². The van der Waals surface area contributed by atoms with Crippen LogP contribution in [0.15, 0.2) is 55.1 Å². The van der Waals surface area contributed by atoms with Gasteiger partial charge in [0.15, 0.2) is 0 Å². The number of benzene rings is 2. The molecule has 0 atom stereocenters. The highest BCUT2D eigenvalue weighted by Gasteiger charge is 2.21. The number of hydrogen-bond acceptors (Lipinski definition) is 1. The quantitative estimate of drug-likeness (QED) is 0.497. The van der Waals surface area contributed by atoms with Crippen molar-refractivity contribution in [3.63, 3.8) is 0 Å². The van der Waals surface area contributed by atoms with Gasteiger partial charge in [0.2, 0.25) is 0 Å². The summed E-state index contributed by atoms with van der Waals surface area (Å²) in [6.07, 6.45) is 9.31. The van der Waals surface area contributed by atoms with Gasteiger partial charge in [-0.25, -0.2) is 8.78 Å². The lowest BCUT2D eigenvalue weighted by Gasteiger charge is -2.28. The van der Waals surface area contributed by atoms with E-state index in [4.69, 9.17) is 4.74 Å². The van der Waals surface area contributed by atoms with Crippen LogP contribution in [-0.4, -0.2) is 6.61 Å². The van der Waals surface area contributed by atoms with Crippen molar-refractivity contribution in [1.82, 2.24) is 0 Å². The first kappa shape index (κ1) is 18.6. The van der Waals surface area contributed by atoms with E-state index >= 15 is 0 Å². The van der Waals surface area contributed by atoms with Crippen molar-refractivity contribution in [1.29, 1.82) is 0 Å². The molecule has 1 aliphatic carbocycles. The van der Waals surface area contributed by atoms with E-state index in [0.717, 1.165) is 24.2 Å². The third-order valence-electron chi connectivity index (χ3n) is 5.31. The van der Waals surface area contributed by atoms with Gasteiger partial charge in [-0.15, -0.1) is 6.58 Å². The van der Waals surface area contributed by atoms with Gasteiger partial charge in [-0.1, -0.05) is 31.1 Å². The molecule has 1 fully saturated rings. The fourth-order valence-electron chi connectivity index (χ4n) is 3.73. The summed E-state index contributed by atoms with van der Waals surface area (Å²) in [7, 11) is 0. The number of halogens is 2. The summed E-state index contributed by atoms with van der Waals surface area (Å²) < 4.78 is 33.1. The number of rotatable bonds is 7. The zero-order valence-corrected chi connectivity index (χ0v) is 15.1. The van der Waals surface area contributed by atoms with Crippen molar-refractivity contribution >= 4 is 0 Å². The lowest BCUT2D eigenvalue weighted by Crippen LogP contribution is -2.20. The summed E-state index contributed by atoms with van der Waals surface area (Å²) in [5, 5.41) is 0. The first-order chi connectivity index (χ1) is 12.7. The van der Waals surface area contributed by atoms with Crippen LogP contribution in [0.2, 0.25) is 0 Å². The second-order valence-electron chi connectivity index (χ2n) is 7.22. The monoisotopic (exact) mass is 356 g/mol. The van der Waals surface area contributed by atoms with Gasteiger partial charge in [0, 0.05) is 11.6 Å². The summed E-state index contributed by atoms with van der Waals surface area (Å²) in [6, 6.07) is 11.0. The predicted molar refractivity (Wildman–Crippen MR) is 102 cm³/mol. The molecule has 0 aliphatic heterocycles. The molecular weight excluding hydrogens is 330 g/mol. The SMILES string of the molecule is C=CCCC1CCC(COc2cccc(-c3ccc(F)cc3F)c2)CC1. The summed E-state index contributed by atoms with van der Waals surface area (Å²) in [5.41, 5.74) is 1.09. The molecule has 0 radical (unpaired) electrons. The molecule has 2 aromatic carbocycles. The first-order valence-electron chi connectivity index (χ1n) is 9.45. The van der Waals surface area contributed by atoms with E-state index in [1.54, 1.807) is 0 Å². The van der Waals surface area contributed by atoms with Gasteiger partial charge in [-0.3, -0.25) is 0 Å². The van der Waals surface area contributed by atoms with Crippen molar-refractivity contribution in [3.05, 3.63) is 66.8 Å². The third kappa shape index (κ3) is 4.94. The normalized spacial score (nSPS) is 19.9. The average Bonchev–Trinajstić information content (AvgIpc) is 2.66. The smallest absolute Gasteiger partial charge is 0.133 e. The van der Waals surface area contributed by atoms with Gasteiger partial charge in [0.05, 0.1) is 6.61 Å². The molecule has 0 spiro atoms. The Hall–Kier alpha value is -2.16. The molecule has 0 saturated heterocycles. The minimum atomic E-state index is -0.567. The molecule has 0 heterocycles. The second kappa shape index (κ2) is 8.98. The van der Waals surface area contributed by atoms with Crippen LogP contribution in [0.1, 0.15) is 38.5 Å². The lowest BCUT2D eigenvalue weighted by atomic mass is 9.80. The topological polar surface area (TPSA) is 9.23 Å². The van der Waals surface area contributed by atoms with Crippen LogP contribution < -0.4 is 4.74 Å². The average molecular weight is 356 g/mol. The van der Waals surface area contributed by atoms with Gasteiger partial charge >= 0.3 is 0 Å². The molecule has 0 amide bonds. The zero-order valence-electron chi connectivity index (χ0n) is 15.1. The number of ether oxygens (including phenoxy) is 1. The van der Waals surface area contributed by atoms with Crippen molar-refractivity contribution in [2.75, 3.05) is 6.61 Å². The van der Waals surface area contributed by atoms with Crippen LogP contribution in [0.5, 0.6) is 5.75 Å². The summed E-state index contributed by atoms with van der Waals surface area (Å²) >= 11 is 0. The molecule has 0 bridgehead atoms. The molecule has 138 valence electrons. The summed E-state index contributed by atoms with van der Waals surface area (Å²) in [4.78, 5) is 0. The van der Waals surface area contributed by atoms with Crippen LogP contribution >= 0.6 is 0 Å². The Labute approximate surface area is 154 Å². The Bertz CT molecular complexity index is 733. The first-order valence-corrected chi connectivity index (χ1v) is 9.45. The van der Waals surface area contributed by atoms with Gasteiger partial charge < -0.3 is 4.74 Å². The minimum absolute atomic E-state index is 0.388. The Morgan fingerprint density at radius 1 is 1.00 bits per heavy atom. The van der Waals surface area contributed by atoms with Crippen LogP contribution in [0.4, 0.5) is 8.78 Å². The van der Waals surface area contributed by atoms with E-state index < -0.39 is 11.6 Å². The van der Waals surface area contributed by atoms with Gasteiger partial charge in [-0.05, 0) is 67.3 Å². The Kier molecular flexibility index (Phi) is 6.43. The largest absolute Gasteiger partial charge is 0.493 e. The van der Waals surface area contributed by atoms with Crippen LogP contribution in [-0.2, 0) is 0 Å². The fraction of sp³-hybridized carbons (Fsp3) is 0.391. The summed E-state index contributed by atoms with van der Waals surface area (Å²) in [6.45, 7) is 4.50. The Balaban J connectivity index is 1.56. The summed E-state index contributed by atoms with van der Waals surface area (Å²) in [5.74, 6) is 1.03. The standard InChI is InChI=1S/C23H26F2O/c1-2-3-5-17-8-10-18(11-9-17)16-26-21-7-4-6-19(14-21)22-13-12-20(24)15-23(22)25/h2,4,6-7,12-15,17-18H,1,3,5,8-11,16H2. The van der Waals surface area contributed by atoms with E-state index in [1.165, 1.54) is 44.2 Å². The molecule has 1 nitrogen and oxygen atoms in total. The molecule has 3 heteroatoms. The van der Waals surface area contributed by atoms with Crippen LogP contribution in [0.25, 0.3) is 11.1 Å². The van der Waals surface area contributed by atoms with Crippen molar-refractivity contribution in [2.45, 2.75) is 38.5 Å². The van der Waals surface area contributed by atoms with E-state index in [0.29, 0.717) is 23.7 Å². The molecule has 0 unspecified atom stereocenters. The Morgan fingerprint density at radius 2 is 1.77 bits per heavy atom. The molecule has 0 aromatic heterocycles. The maximum absolute atomic E-state index is 14.0.